The van der Waals surface area contributed by atoms with Gasteiger partial charge in [0.15, 0.2) is 0 Å². The Kier molecular flexibility index (Phi) is 5.64. The molecule has 0 bridgehead atoms. The van der Waals surface area contributed by atoms with E-state index < -0.39 is 5.97 Å². The summed E-state index contributed by atoms with van der Waals surface area (Å²) in [4.78, 5) is 25.4. The number of aliphatic hydroxyl groups excluding tert-OH is 1. The first-order valence-electron chi connectivity index (χ1n) is 8.99. The zero-order valence-corrected chi connectivity index (χ0v) is 15.5. The normalized spacial score (nSPS) is 15.3. The standard InChI is InChI=1S/C21H23NO5/c1-3-27-21(25)18-11-15-5-4-6-16(13-23)20(24)19(15)22(18)12-14-7-9-17(26-2)10-8-14/h7-11,13,23H,3-6,12H2,1-2H3. The van der Waals surface area contributed by atoms with E-state index >= 15 is 0 Å². The van der Waals surface area contributed by atoms with Crippen LogP contribution < -0.4 is 4.74 Å². The third-order valence-electron chi connectivity index (χ3n) is 4.71. The summed E-state index contributed by atoms with van der Waals surface area (Å²) < 4.78 is 12.1. The van der Waals surface area contributed by atoms with Crippen molar-refractivity contribution in [1.82, 2.24) is 4.57 Å². The van der Waals surface area contributed by atoms with Crippen molar-refractivity contribution in [3.63, 3.8) is 0 Å². The molecule has 0 aliphatic heterocycles. The van der Waals surface area contributed by atoms with Crippen LogP contribution >= 0.6 is 0 Å². The maximum Gasteiger partial charge on any atom is 0.354 e. The molecule has 0 spiro atoms. The number of fused-ring (bicyclic) bond motifs is 1. The third-order valence-corrected chi connectivity index (χ3v) is 4.71. The fraction of sp³-hybridized carbons (Fsp3) is 0.333. The van der Waals surface area contributed by atoms with Crippen molar-refractivity contribution >= 4 is 11.8 Å². The van der Waals surface area contributed by atoms with Crippen molar-refractivity contribution in [2.75, 3.05) is 13.7 Å². The molecule has 6 heteroatoms. The molecule has 0 fully saturated rings. The van der Waals surface area contributed by atoms with Crippen LogP contribution in [0.2, 0.25) is 0 Å². The van der Waals surface area contributed by atoms with Gasteiger partial charge < -0.3 is 19.1 Å². The molecule has 142 valence electrons. The Morgan fingerprint density at radius 1 is 1.26 bits per heavy atom. The van der Waals surface area contributed by atoms with Crippen molar-refractivity contribution in [3.8, 4) is 5.75 Å². The van der Waals surface area contributed by atoms with Crippen LogP contribution in [0.4, 0.5) is 0 Å². The van der Waals surface area contributed by atoms with Gasteiger partial charge in [-0.3, -0.25) is 4.79 Å². The van der Waals surface area contributed by atoms with Gasteiger partial charge in [0.25, 0.3) is 0 Å². The topological polar surface area (TPSA) is 77.8 Å². The molecule has 0 unspecified atom stereocenters. The molecule has 1 aliphatic carbocycles. The van der Waals surface area contributed by atoms with E-state index in [0.717, 1.165) is 29.6 Å². The predicted octanol–water partition coefficient (Wildman–Crippen LogP) is 3.68. The van der Waals surface area contributed by atoms with Gasteiger partial charge >= 0.3 is 5.97 Å². The van der Waals surface area contributed by atoms with Gasteiger partial charge in [0.2, 0.25) is 5.78 Å². The summed E-state index contributed by atoms with van der Waals surface area (Å²) >= 11 is 0. The van der Waals surface area contributed by atoms with Crippen LogP contribution in [0.3, 0.4) is 0 Å². The molecule has 3 rings (SSSR count). The Hall–Kier alpha value is -3.02. The number of aryl methyl sites for hydroxylation is 1. The molecule has 1 aliphatic rings. The van der Waals surface area contributed by atoms with Crippen LogP contribution in [0.5, 0.6) is 5.75 Å². The first-order valence-corrected chi connectivity index (χ1v) is 8.99. The van der Waals surface area contributed by atoms with Gasteiger partial charge in [-0.15, -0.1) is 0 Å². The minimum absolute atomic E-state index is 0.242. The molecule has 2 aromatic rings. The highest BCUT2D eigenvalue weighted by Gasteiger charge is 2.29. The average molecular weight is 369 g/mol. The number of rotatable bonds is 5. The van der Waals surface area contributed by atoms with Gasteiger partial charge in [-0.1, -0.05) is 12.1 Å². The molecule has 0 amide bonds. The lowest BCUT2D eigenvalue weighted by Crippen LogP contribution is -2.18. The highest BCUT2D eigenvalue weighted by Crippen LogP contribution is 2.29. The molecule has 27 heavy (non-hydrogen) atoms. The molecule has 0 radical (unpaired) electrons. The van der Waals surface area contributed by atoms with Gasteiger partial charge in [0.05, 0.1) is 25.7 Å². The molecule has 6 nitrogen and oxygen atoms in total. The molecular formula is C21H23NO5. The lowest BCUT2D eigenvalue weighted by molar-refractivity contribution is 0.0514. The van der Waals surface area contributed by atoms with Crippen LogP contribution in [-0.2, 0) is 17.7 Å². The first-order chi connectivity index (χ1) is 13.1. The summed E-state index contributed by atoms with van der Waals surface area (Å²) in [5, 5.41) is 9.45. The molecule has 1 heterocycles. The van der Waals surface area contributed by atoms with Crippen LogP contribution in [0.25, 0.3) is 0 Å². The number of methoxy groups -OCH3 is 1. The second kappa shape index (κ2) is 8.12. The number of aromatic nitrogens is 1. The minimum atomic E-state index is -0.457. The zero-order chi connectivity index (χ0) is 19.4. The van der Waals surface area contributed by atoms with Crippen LogP contribution in [0.1, 0.15) is 51.9 Å². The van der Waals surface area contributed by atoms with E-state index in [9.17, 15) is 14.7 Å². The largest absolute Gasteiger partial charge is 0.515 e. The lowest BCUT2D eigenvalue weighted by atomic mass is 10.1. The number of aliphatic hydroxyl groups is 1. The number of Topliss-reactive ketones (excluding diaryl/α,β-unsaturated/α-hetero) is 1. The lowest BCUT2D eigenvalue weighted by Gasteiger charge is -2.13. The second-order valence-corrected chi connectivity index (χ2v) is 6.40. The molecule has 0 atom stereocenters. The van der Waals surface area contributed by atoms with Crippen molar-refractivity contribution in [1.29, 1.82) is 0 Å². The molecule has 1 aromatic carbocycles. The highest BCUT2D eigenvalue weighted by atomic mass is 16.5. The zero-order valence-electron chi connectivity index (χ0n) is 15.5. The quantitative estimate of drug-likeness (QED) is 0.376. The first kappa shape index (κ1) is 18.8. The number of carbonyl (C=O) groups excluding carboxylic acids is 2. The summed E-state index contributed by atoms with van der Waals surface area (Å²) in [6.45, 7) is 2.35. The SMILES string of the molecule is CCOC(=O)c1cc2c(n1Cc1ccc(OC)cc1)C(=O)C(=CO)CCC2. The van der Waals surface area contributed by atoms with E-state index in [2.05, 4.69) is 0 Å². The molecule has 0 saturated heterocycles. The Morgan fingerprint density at radius 2 is 2.00 bits per heavy atom. The second-order valence-electron chi connectivity index (χ2n) is 6.40. The molecular weight excluding hydrogens is 346 g/mol. The Labute approximate surface area is 158 Å². The van der Waals surface area contributed by atoms with Crippen molar-refractivity contribution < 1.29 is 24.2 Å². The monoisotopic (exact) mass is 369 g/mol. The number of hydrogen-bond acceptors (Lipinski definition) is 5. The maximum atomic E-state index is 13.0. The fourth-order valence-corrected chi connectivity index (χ4v) is 3.37. The highest BCUT2D eigenvalue weighted by molar-refractivity contribution is 6.10. The van der Waals surface area contributed by atoms with Crippen LogP contribution in [0.15, 0.2) is 42.2 Å². The average Bonchev–Trinajstić information content (AvgIpc) is 2.95. The van der Waals surface area contributed by atoms with Gasteiger partial charge in [-0.25, -0.2) is 4.79 Å². The Morgan fingerprint density at radius 3 is 2.63 bits per heavy atom. The number of ether oxygens (including phenoxy) is 2. The van der Waals surface area contributed by atoms with E-state index in [4.69, 9.17) is 9.47 Å². The third kappa shape index (κ3) is 3.74. The van der Waals surface area contributed by atoms with Crippen molar-refractivity contribution in [2.45, 2.75) is 32.7 Å². The van der Waals surface area contributed by atoms with Crippen LogP contribution in [0, 0.1) is 0 Å². The number of allylic oxidation sites excluding steroid dienone is 1. The number of carbonyl (C=O) groups is 2. The number of ketones is 1. The Balaban J connectivity index is 2.09. The Bertz CT molecular complexity index is 877. The molecule has 1 N–H and O–H groups in total. The summed E-state index contributed by atoms with van der Waals surface area (Å²) in [6.07, 6.45) is 2.80. The number of benzene rings is 1. The van der Waals surface area contributed by atoms with E-state index in [1.165, 1.54) is 0 Å². The van der Waals surface area contributed by atoms with E-state index in [0.29, 0.717) is 36.3 Å². The van der Waals surface area contributed by atoms with Gasteiger partial charge in [0, 0.05) is 12.1 Å². The van der Waals surface area contributed by atoms with Crippen molar-refractivity contribution in [2.24, 2.45) is 0 Å². The van der Waals surface area contributed by atoms with Crippen molar-refractivity contribution in [3.05, 3.63) is 64.7 Å². The summed E-state index contributed by atoms with van der Waals surface area (Å²) in [5.41, 5.74) is 2.90. The number of nitrogens with zero attached hydrogens (tertiary/aromatic N) is 1. The number of esters is 1. The summed E-state index contributed by atoms with van der Waals surface area (Å²) in [5.74, 6) is 0.0350. The molecule has 1 aromatic heterocycles. The van der Waals surface area contributed by atoms with Gasteiger partial charge in [0.1, 0.15) is 11.4 Å². The van der Waals surface area contributed by atoms with Gasteiger partial charge in [-0.2, -0.15) is 0 Å². The van der Waals surface area contributed by atoms with Crippen LogP contribution in [-0.4, -0.2) is 35.1 Å². The fourth-order valence-electron chi connectivity index (χ4n) is 3.37. The van der Waals surface area contributed by atoms with E-state index in [1.807, 2.05) is 24.3 Å². The summed E-state index contributed by atoms with van der Waals surface area (Å²) in [7, 11) is 1.60. The summed E-state index contributed by atoms with van der Waals surface area (Å²) in [6, 6.07) is 9.20. The predicted molar refractivity (Wildman–Crippen MR) is 100 cm³/mol. The minimum Gasteiger partial charge on any atom is -0.515 e. The van der Waals surface area contributed by atoms with E-state index in [-0.39, 0.29) is 12.4 Å². The van der Waals surface area contributed by atoms with Gasteiger partial charge in [-0.05, 0) is 55.5 Å². The number of hydrogen-bond donors (Lipinski definition) is 1. The van der Waals surface area contributed by atoms with E-state index in [1.54, 1.807) is 24.7 Å². The maximum absolute atomic E-state index is 13.0. The smallest absolute Gasteiger partial charge is 0.354 e. The molecule has 0 saturated carbocycles.